The SMILES string of the molecule is COc1cncc([C@H]2CCCN2C)c1. The molecule has 1 aromatic rings. The van der Waals surface area contributed by atoms with Crippen molar-refractivity contribution in [3.63, 3.8) is 0 Å². The first-order valence-electron chi connectivity index (χ1n) is 5.00. The second-order valence-electron chi connectivity index (χ2n) is 3.80. The number of ether oxygens (including phenoxy) is 1. The summed E-state index contributed by atoms with van der Waals surface area (Å²) < 4.78 is 5.17. The molecule has 0 saturated carbocycles. The Kier molecular flexibility index (Phi) is 2.68. The lowest BCUT2D eigenvalue weighted by Crippen LogP contribution is -2.17. The van der Waals surface area contributed by atoms with Crippen LogP contribution in [0.4, 0.5) is 0 Å². The van der Waals surface area contributed by atoms with Crippen molar-refractivity contribution in [2.24, 2.45) is 0 Å². The van der Waals surface area contributed by atoms with E-state index < -0.39 is 0 Å². The number of pyridine rings is 1. The number of hydrogen-bond donors (Lipinski definition) is 0. The van der Waals surface area contributed by atoms with Gasteiger partial charge in [-0.1, -0.05) is 0 Å². The van der Waals surface area contributed by atoms with E-state index in [-0.39, 0.29) is 0 Å². The van der Waals surface area contributed by atoms with Crippen LogP contribution < -0.4 is 4.74 Å². The van der Waals surface area contributed by atoms with Gasteiger partial charge in [0.15, 0.2) is 0 Å². The molecule has 1 fully saturated rings. The zero-order valence-corrected chi connectivity index (χ0v) is 8.73. The van der Waals surface area contributed by atoms with E-state index in [1.165, 1.54) is 24.9 Å². The third-order valence-corrected chi connectivity index (χ3v) is 2.88. The highest BCUT2D eigenvalue weighted by molar-refractivity contribution is 5.26. The number of likely N-dealkylation sites (tertiary alicyclic amines) is 1. The molecule has 1 saturated heterocycles. The van der Waals surface area contributed by atoms with Crippen LogP contribution in [0.3, 0.4) is 0 Å². The van der Waals surface area contributed by atoms with Crippen molar-refractivity contribution in [2.75, 3.05) is 20.7 Å². The smallest absolute Gasteiger partial charge is 0.137 e. The van der Waals surface area contributed by atoms with Crippen LogP contribution in [0.2, 0.25) is 0 Å². The van der Waals surface area contributed by atoms with Gasteiger partial charge in [0.25, 0.3) is 0 Å². The minimum Gasteiger partial charge on any atom is -0.495 e. The number of nitrogens with zero attached hydrogens (tertiary/aromatic N) is 2. The third-order valence-electron chi connectivity index (χ3n) is 2.88. The van der Waals surface area contributed by atoms with E-state index in [4.69, 9.17) is 4.74 Å². The summed E-state index contributed by atoms with van der Waals surface area (Å²) in [5, 5.41) is 0. The summed E-state index contributed by atoms with van der Waals surface area (Å²) in [5.74, 6) is 0.850. The number of methoxy groups -OCH3 is 1. The molecule has 2 rings (SSSR count). The van der Waals surface area contributed by atoms with Crippen LogP contribution in [0.5, 0.6) is 5.75 Å². The maximum Gasteiger partial charge on any atom is 0.137 e. The monoisotopic (exact) mass is 192 g/mol. The molecule has 0 N–H and O–H groups in total. The van der Waals surface area contributed by atoms with Crippen LogP contribution in [0.25, 0.3) is 0 Å². The van der Waals surface area contributed by atoms with Crippen molar-refractivity contribution in [2.45, 2.75) is 18.9 Å². The van der Waals surface area contributed by atoms with Crippen LogP contribution in [0.1, 0.15) is 24.4 Å². The Hall–Kier alpha value is -1.09. The van der Waals surface area contributed by atoms with E-state index in [0.717, 1.165) is 5.75 Å². The fourth-order valence-corrected chi connectivity index (χ4v) is 2.06. The molecule has 0 aromatic carbocycles. The van der Waals surface area contributed by atoms with Crippen molar-refractivity contribution in [3.8, 4) is 5.75 Å². The van der Waals surface area contributed by atoms with Gasteiger partial charge in [0.05, 0.1) is 13.3 Å². The van der Waals surface area contributed by atoms with Gasteiger partial charge >= 0.3 is 0 Å². The quantitative estimate of drug-likeness (QED) is 0.715. The van der Waals surface area contributed by atoms with Crippen molar-refractivity contribution in [1.29, 1.82) is 0 Å². The molecule has 0 bridgehead atoms. The lowest BCUT2D eigenvalue weighted by Gasteiger charge is -2.19. The second-order valence-corrected chi connectivity index (χ2v) is 3.80. The van der Waals surface area contributed by atoms with E-state index in [2.05, 4.69) is 23.0 Å². The molecule has 76 valence electrons. The summed E-state index contributed by atoms with van der Waals surface area (Å²) in [6, 6.07) is 2.61. The highest BCUT2D eigenvalue weighted by atomic mass is 16.5. The normalized spacial score (nSPS) is 22.6. The predicted molar refractivity (Wildman–Crippen MR) is 55.4 cm³/mol. The standard InChI is InChI=1S/C11H16N2O/c1-13-5-3-4-11(13)9-6-10(14-2)8-12-7-9/h6-8,11H,3-5H2,1-2H3/t11-/m1/s1. The van der Waals surface area contributed by atoms with Crippen molar-refractivity contribution in [3.05, 3.63) is 24.0 Å². The van der Waals surface area contributed by atoms with Crippen LogP contribution in [-0.4, -0.2) is 30.6 Å². The van der Waals surface area contributed by atoms with Gasteiger partial charge in [-0.05, 0) is 38.1 Å². The van der Waals surface area contributed by atoms with Crippen molar-refractivity contribution >= 4 is 0 Å². The molecule has 0 aliphatic carbocycles. The Balaban J connectivity index is 2.22. The van der Waals surface area contributed by atoms with Gasteiger partial charge in [-0.25, -0.2) is 0 Å². The zero-order chi connectivity index (χ0) is 9.97. The Labute approximate surface area is 84.7 Å². The Morgan fingerprint density at radius 2 is 2.36 bits per heavy atom. The molecule has 0 amide bonds. The van der Waals surface area contributed by atoms with Gasteiger partial charge < -0.3 is 4.74 Å². The summed E-state index contributed by atoms with van der Waals surface area (Å²) in [6.45, 7) is 1.18. The summed E-state index contributed by atoms with van der Waals surface area (Å²) in [5.41, 5.74) is 1.27. The highest BCUT2D eigenvalue weighted by Gasteiger charge is 2.22. The van der Waals surface area contributed by atoms with Crippen molar-refractivity contribution in [1.82, 2.24) is 9.88 Å². The summed E-state index contributed by atoms with van der Waals surface area (Å²) in [6.07, 6.45) is 6.19. The molecule has 1 aliphatic heterocycles. The van der Waals surface area contributed by atoms with Gasteiger partial charge in [0.2, 0.25) is 0 Å². The maximum atomic E-state index is 5.17. The molecule has 0 unspecified atom stereocenters. The van der Waals surface area contributed by atoms with Gasteiger partial charge in [-0.3, -0.25) is 9.88 Å². The van der Waals surface area contributed by atoms with Crippen LogP contribution in [0.15, 0.2) is 18.5 Å². The predicted octanol–water partition coefficient (Wildman–Crippen LogP) is 1.86. The highest BCUT2D eigenvalue weighted by Crippen LogP contribution is 2.31. The average Bonchev–Trinajstić information content (AvgIpc) is 2.65. The van der Waals surface area contributed by atoms with E-state index in [1.54, 1.807) is 13.3 Å². The van der Waals surface area contributed by atoms with Crippen LogP contribution in [-0.2, 0) is 0 Å². The molecular formula is C11H16N2O. The number of aromatic nitrogens is 1. The summed E-state index contributed by atoms with van der Waals surface area (Å²) in [7, 11) is 3.84. The molecule has 3 nitrogen and oxygen atoms in total. The van der Waals surface area contributed by atoms with Crippen LogP contribution >= 0.6 is 0 Å². The first-order chi connectivity index (χ1) is 6.81. The van der Waals surface area contributed by atoms with Gasteiger partial charge in [-0.2, -0.15) is 0 Å². The molecule has 1 aliphatic rings. The van der Waals surface area contributed by atoms with Crippen LogP contribution in [0, 0.1) is 0 Å². The largest absolute Gasteiger partial charge is 0.495 e. The average molecular weight is 192 g/mol. The van der Waals surface area contributed by atoms with Gasteiger partial charge in [0.1, 0.15) is 5.75 Å². The first kappa shape index (κ1) is 9.46. The molecule has 3 heteroatoms. The number of rotatable bonds is 2. The lowest BCUT2D eigenvalue weighted by atomic mass is 10.1. The second kappa shape index (κ2) is 3.96. The maximum absolute atomic E-state index is 5.17. The summed E-state index contributed by atoms with van der Waals surface area (Å²) in [4.78, 5) is 6.55. The first-order valence-corrected chi connectivity index (χ1v) is 5.00. The van der Waals surface area contributed by atoms with E-state index >= 15 is 0 Å². The van der Waals surface area contributed by atoms with E-state index in [1.807, 2.05) is 6.20 Å². The molecule has 0 spiro atoms. The zero-order valence-electron chi connectivity index (χ0n) is 8.73. The topological polar surface area (TPSA) is 25.4 Å². The molecule has 0 radical (unpaired) electrons. The van der Waals surface area contributed by atoms with E-state index in [9.17, 15) is 0 Å². The Morgan fingerprint density at radius 3 is 3.00 bits per heavy atom. The van der Waals surface area contributed by atoms with Gasteiger partial charge in [0, 0.05) is 12.2 Å². The lowest BCUT2D eigenvalue weighted by molar-refractivity contribution is 0.315. The van der Waals surface area contributed by atoms with Gasteiger partial charge in [-0.15, -0.1) is 0 Å². The third kappa shape index (κ3) is 1.73. The Morgan fingerprint density at radius 1 is 1.50 bits per heavy atom. The fourth-order valence-electron chi connectivity index (χ4n) is 2.06. The van der Waals surface area contributed by atoms with Crippen molar-refractivity contribution < 1.29 is 4.74 Å². The number of hydrogen-bond acceptors (Lipinski definition) is 3. The molecule has 14 heavy (non-hydrogen) atoms. The fraction of sp³-hybridized carbons (Fsp3) is 0.545. The molecule has 1 atom stereocenters. The minimum absolute atomic E-state index is 0.526. The Bertz CT molecular complexity index is 314. The molecular weight excluding hydrogens is 176 g/mol. The van der Waals surface area contributed by atoms with E-state index in [0.29, 0.717) is 6.04 Å². The summed E-state index contributed by atoms with van der Waals surface area (Å²) >= 11 is 0. The minimum atomic E-state index is 0.526. The molecule has 1 aromatic heterocycles. The molecule has 2 heterocycles.